The first-order chi connectivity index (χ1) is 16.7. The highest BCUT2D eigenvalue weighted by Crippen LogP contribution is 2.38. The highest BCUT2D eigenvalue weighted by molar-refractivity contribution is 7.15. The third-order valence-electron chi connectivity index (χ3n) is 6.00. The SMILES string of the molecule is COc1ccc(C[N+]2(C(=O)c3ccc(C(=O)C(F)(F)F)s3)C[C@@H]3C[C@H]2CN3)cc1.O=C([O-])C(F)(F)F. The zero-order chi connectivity index (χ0) is 26.9. The van der Waals surface area contributed by atoms with E-state index in [1.807, 2.05) is 24.3 Å². The number of rotatable bonds is 5. The van der Waals surface area contributed by atoms with Gasteiger partial charge in [0.05, 0.1) is 18.0 Å². The van der Waals surface area contributed by atoms with E-state index in [4.69, 9.17) is 14.6 Å². The average molecular weight is 538 g/mol. The fraction of sp³-hybridized carbons (Fsp3) is 0.409. The van der Waals surface area contributed by atoms with E-state index in [1.165, 1.54) is 6.07 Å². The number of ether oxygens (including phenoxy) is 1. The molecule has 1 unspecified atom stereocenters. The van der Waals surface area contributed by atoms with Gasteiger partial charge in [-0.2, -0.15) is 26.3 Å². The molecule has 2 bridgehead atoms. The summed E-state index contributed by atoms with van der Waals surface area (Å²) in [6.07, 6.45) is -9.29. The van der Waals surface area contributed by atoms with Crippen molar-refractivity contribution in [2.45, 2.75) is 37.4 Å². The van der Waals surface area contributed by atoms with Crippen molar-refractivity contribution in [2.75, 3.05) is 20.2 Å². The monoisotopic (exact) mass is 538 g/mol. The molecule has 0 radical (unpaired) electrons. The number of fused-ring (bicyclic) bond motifs is 2. The maximum Gasteiger partial charge on any atom is 0.455 e. The van der Waals surface area contributed by atoms with Crippen LogP contribution in [0.2, 0.25) is 0 Å². The quantitative estimate of drug-likeness (QED) is 0.358. The minimum atomic E-state index is -5.19. The van der Waals surface area contributed by atoms with Crippen LogP contribution in [0.5, 0.6) is 5.75 Å². The van der Waals surface area contributed by atoms with Crippen molar-refractivity contribution >= 4 is 29.0 Å². The molecular weight excluding hydrogens is 518 g/mol. The Morgan fingerprint density at radius 3 is 2.06 bits per heavy atom. The Morgan fingerprint density at radius 1 is 1.03 bits per heavy atom. The number of carbonyl (C=O) groups is 3. The second-order valence-corrected chi connectivity index (χ2v) is 9.38. The van der Waals surface area contributed by atoms with E-state index in [9.17, 15) is 35.9 Å². The number of carbonyl (C=O) groups excluding carboxylic acids is 3. The first kappa shape index (κ1) is 27.6. The minimum absolute atomic E-state index is 0.0541. The van der Waals surface area contributed by atoms with Crippen molar-refractivity contribution in [2.24, 2.45) is 0 Å². The number of piperazine rings is 1. The highest BCUT2D eigenvalue weighted by Gasteiger charge is 2.56. The summed E-state index contributed by atoms with van der Waals surface area (Å²) in [5, 5.41) is 12.2. The van der Waals surface area contributed by atoms with Gasteiger partial charge in [0.15, 0.2) is 0 Å². The average Bonchev–Trinajstić information content (AvgIpc) is 3.54. The summed E-state index contributed by atoms with van der Waals surface area (Å²) in [4.78, 5) is 33.6. The van der Waals surface area contributed by atoms with E-state index in [0.717, 1.165) is 18.1 Å². The largest absolute Gasteiger partial charge is 0.542 e. The van der Waals surface area contributed by atoms with E-state index in [0.29, 0.717) is 36.7 Å². The van der Waals surface area contributed by atoms with Gasteiger partial charge in [-0.05, 0) is 36.4 Å². The lowest BCUT2D eigenvalue weighted by molar-refractivity contribution is -0.876. The third-order valence-corrected chi connectivity index (χ3v) is 7.07. The Balaban J connectivity index is 0.000000454. The number of nitrogens with one attached hydrogen (secondary N) is 1. The smallest absolute Gasteiger partial charge is 0.455 e. The van der Waals surface area contributed by atoms with Crippen molar-refractivity contribution in [1.29, 1.82) is 0 Å². The lowest BCUT2D eigenvalue weighted by Gasteiger charge is -2.39. The van der Waals surface area contributed by atoms with E-state index >= 15 is 0 Å². The molecule has 7 nitrogen and oxygen atoms in total. The summed E-state index contributed by atoms with van der Waals surface area (Å²) in [5.74, 6) is -4.42. The van der Waals surface area contributed by atoms with E-state index in [1.54, 1.807) is 7.11 Å². The highest BCUT2D eigenvalue weighted by atomic mass is 32.1. The zero-order valence-corrected chi connectivity index (χ0v) is 19.4. The Kier molecular flexibility index (Phi) is 7.81. The first-order valence-electron chi connectivity index (χ1n) is 10.4. The first-order valence-corrected chi connectivity index (χ1v) is 11.3. The van der Waals surface area contributed by atoms with E-state index in [-0.39, 0.29) is 27.4 Å². The van der Waals surface area contributed by atoms with Crippen LogP contribution < -0.4 is 15.2 Å². The number of nitrogens with zero attached hydrogens (tertiary/aromatic N) is 1. The number of halogens is 6. The summed E-state index contributed by atoms with van der Waals surface area (Å²) >= 11 is 0.630. The van der Waals surface area contributed by atoms with Crippen LogP contribution in [0.3, 0.4) is 0 Å². The normalized spacial score (nSPS) is 23.1. The molecular formula is C22H20F6N2O5S. The standard InChI is InChI=1S/C20H20F3N2O3S.C2HF3O2/c1-28-15-4-2-12(3-5-15)10-25(11-13-8-14(25)9-24-13)19(27)17-7-6-16(29-17)18(26)20(21,22)23;3-2(4,5)1(6)7/h2-7,13-14,24H,8-11H2,1H3;(H,6,7)/q+1;/p-1/t13-,14-,25?;/m0./s1. The van der Waals surface area contributed by atoms with Crippen LogP contribution in [-0.4, -0.2) is 66.8 Å². The van der Waals surface area contributed by atoms with Crippen molar-refractivity contribution in [3.63, 3.8) is 0 Å². The van der Waals surface area contributed by atoms with Crippen molar-refractivity contribution < 1.29 is 55.1 Å². The number of carboxylic acid groups (broad SMARTS) is 1. The molecule has 3 atom stereocenters. The summed E-state index contributed by atoms with van der Waals surface area (Å²) in [6, 6.07) is 10.2. The number of aliphatic carboxylic acids is 1. The van der Waals surface area contributed by atoms with Crippen molar-refractivity contribution in [3.05, 3.63) is 51.7 Å². The van der Waals surface area contributed by atoms with Crippen LogP contribution in [0.1, 0.15) is 31.3 Å². The Hall–Kier alpha value is -2.97. The molecule has 14 heteroatoms. The second-order valence-electron chi connectivity index (χ2n) is 8.30. The van der Waals surface area contributed by atoms with Gasteiger partial charge in [-0.25, -0.2) is 9.28 Å². The minimum Gasteiger partial charge on any atom is -0.542 e. The topological polar surface area (TPSA) is 95.5 Å². The number of benzene rings is 1. The second kappa shape index (κ2) is 10.2. The van der Waals surface area contributed by atoms with Crippen LogP contribution in [-0.2, 0) is 11.3 Å². The number of amides is 1. The molecule has 2 fully saturated rings. The Morgan fingerprint density at radius 2 is 1.61 bits per heavy atom. The molecule has 196 valence electrons. The van der Waals surface area contributed by atoms with E-state index < -0.39 is 29.0 Å². The maximum absolute atomic E-state index is 13.5. The molecule has 1 amide bonds. The molecule has 0 spiro atoms. The lowest BCUT2D eigenvalue weighted by Crippen LogP contribution is -2.61. The van der Waals surface area contributed by atoms with Gasteiger partial charge in [0.25, 0.3) is 5.78 Å². The van der Waals surface area contributed by atoms with Crippen LogP contribution in [0.25, 0.3) is 0 Å². The van der Waals surface area contributed by atoms with Gasteiger partial charge < -0.3 is 20.0 Å². The zero-order valence-electron chi connectivity index (χ0n) is 18.6. The van der Waals surface area contributed by atoms with Gasteiger partial charge >= 0.3 is 18.3 Å². The summed E-state index contributed by atoms with van der Waals surface area (Å²) < 4.78 is 75.1. The van der Waals surface area contributed by atoms with Crippen LogP contribution in [0.15, 0.2) is 36.4 Å². The van der Waals surface area contributed by atoms with Gasteiger partial charge in [0.2, 0.25) is 0 Å². The lowest BCUT2D eigenvalue weighted by atomic mass is 10.1. The molecule has 4 rings (SSSR count). The molecule has 2 aliphatic rings. The molecule has 2 aromatic rings. The predicted molar refractivity (Wildman–Crippen MR) is 112 cm³/mol. The molecule has 3 heterocycles. The summed E-state index contributed by atoms with van der Waals surface area (Å²) in [7, 11) is 1.58. The molecule has 0 saturated carbocycles. The molecule has 0 aliphatic carbocycles. The summed E-state index contributed by atoms with van der Waals surface area (Å²) in [5.41, 5.74) is 0.954. The number of hydrogen-bond donors (Lipinski definition) is 1. The van der Waals surface area contributed by atoms with Crippen molar-refractivity contribution in [3.8, 4) is 5.75 Å². The maximum atomic E-state index is 13.5. The van der Waals surface area contributed by atoms with Gasteiger partial charge in [-0.1, -0.05) is 0 Å². The fourth-order valence-corrected chi connectivity index (χ4v) is 5.35. The molecule has 1 aromatic carbocycles. The molecule has 1 N–H and O–H groups in total. The molecule has 36 heavy (non-hydrogen) atoms. The van der Waals surface area contributed by atoms with Crippen LogP contribution in [0.4, 0.5) is 26.3 Å². The molecule has 2 saturated heterocycles. The van der Waals surface area contributed by atoms with Gasteiger partial charge in [-0.3, -0.25) is 4.79 Å². The van der Waals surface area contributed by atoms with Gasteiger partial charge in [0, 0.05) is 18.5 Å². The predicted octanol–water partition coefficient (Wildman–Crippen LogP) is 2.70. The van der Waals surface area contributed by atoms with Crippen LogP contribution in [0, 0.1) is 0 Å². The number of ketones is 1. The summed E-state index contributed by atoms with van der Waals surface area (Å²) in [6.45, 7) is 1.72. The third kappa shape index (κ3) is 5.87. The number of alkyl halides is 6. The number of hydrogen-bond acceptors (Lipinski definition) is 7. The number of quaternary nitrogens is 1. The Bertz CT molecular complexity index is 1130. The molecule has 1 aromatic heterocycles. The van der Waals surface area contributed by atoms with Gasteiger partial charge in [0.1, 0.15) is 35.7 Å². The fourth-order valence-electron chi connectivity index (χ4n) is 4.36. The van der Waals surface area contributed by atoms with Crippen molar-refractivity contribution in [1.82, 2.24) is 5.32 Å². The number of methoxy groups -OCH3 is 1. The number of likely N-dealkylation sites (tertiary alicyclic amines) is 1. The number of Topliss-reactive ketones (excluding diaryl/α,β-unsaturated/α-hetero) is 1. The van der Waals surface area contributed by atoms with E-state index in [2.05, 4.69) is 5.32 Å². The van der Waals surface area contributed by atoms with Crippen LogP contribution >= 0.6 is 11.3 Å². The molecule has 2 aliphatic heterocycles. The Labute approximate surface area is 204 Å². The number of thiophene rings is 1. The number of carboxylic acids is 1. The van der Waals surface area contributed by atoms with Gasteiger partial charge in [-0.15, -0.1) is 11.3 Å².